The van der Waals surface area contributed by atoms with Crippen LogP contribution in [-0.4, -0.2) is 16.5 Å². The first-order valence-electron chi connectivity index (χ1n) is 7.08. The first kappa shape index (κ1) is 13.4. The van der Waals surface area contributed by atoms with Crippen molar-refractivity contribution < 1.29 is 4.74 Å². The third-order valence-corrected chi connectivity index (χ3v) is 3.13. The molecule has 0 amide bonds. The van der Waals surface area contributed by atoms with Crippen molar-refractivity contribution in [3.05, 3.63) is 54.9 Å². The van der Waals surface area contributed by atoms with Gasteiger partial charge < -0.3 is 10.1 Å². The van der Waals surface area contributed by atoms with Crippen LogP contribution in [0.1, 0.15) is 13.3 Å². The minimum absolute atomic E-state index is 0.493. The van der Waals surface area contributed by atoms with Crippen molar-refractivity contribution >= 4 is 16.6 Å². The highest BCUT2D eigenvalue weighted by molar-refractivity contribution is 5.88. The van der Waals surface area contributed by atoms with E-state index in [1.165, 1.54) is 0 Å². The highest BCUT2D eigenvalue weighted by Gasteiger charge is 2.05. The normalized spacial score (nSPS) is 10.5. The van der Waals surface area contributed by atoms with Gasteiger partial charge in [0.2, 0.25) is 5.88 Å². The Bertz CT molecular complexity index is 737. The van der Waals surface area contributed by atoms with Gasteiger partial charge in [-0.25, -0.2) is 0 Å². The average Bonchev–Trinajstić information content (AvgIpc) is 2.54. The van der Waals surface area contributed by atoms with Crippen LogP contribution >= 0.6 is 0 Å². The average molecular weight is 279 g/mol. The van der Waals surface area contributed by atoms with E-state index in [0.717, 1.165) is 35.3 Å². The molecular weight excluding hydrogens is 262 g/mol. The molecule has 0 fully saturated rings. The number of nitrogens with one attached hydrogen (secondary N) is 1. The van der Waals surface area contributed by atoms with Crippen LogP contribution in [0.5, 0.6) is 11.6 Å². The standard InChI is InChI=1S/C17H17N3O/c1-2-10-19-16-11-18-12-17(20-16)21-15-9-5-7-13-6-3-4-8-14(13)15/h3-9,11-12H,2,10H2,1H3,(H,19,20). The number of ether oxygens (including phenoxy) is 1. The van der Waals surface area contributed by atoms with E-state index in [9.17, 15) is 0 Å². The summed E-state index contributed by atoms with van der Waals surface area (Å²) in [5.41, 5.74) is 0. The number of hydrogen-bond donors (Lipinski definition) is 1. The van der Waals surface area contributed by atoms with Gasteiger partial charge in [-0.05, 0) is 17.9 Å². The molecule has 0 aliphatic heterocycles. The van der Waals surface area contributed by atoms with Gasteiger partial charge in [0, 0.05) is 11.9 Å². The molecule has 106 valence electrons. The second-order valence-electron chi connectivity index (χ2n) is 4.75. The van der Waals surface area contributed by atoms with Crippen molar-refractivity contribution in [1.29, 1.82) is 0 Å². The van der Waals surface area contributed by atoms with Gasteiger partial charge in [-0.2, -0.15) is 4.98 Å². The molecule has 21 heavy (non-hydrogen) atoms. The quantitative estimate of drug-likeness (QED) is 0.758. The van der Waals surface area contributed by atoms with Crippen LogP contribution in [0.15, 0.2) is 54.9 Å². The number of anilines is 1. The molecule has 3 rings (SSSR count). The van der Waals surface area contributed by atoms with Crippen molar-refractivity contribution in [2.45, 2.75) is 13.3 Å². The van der Waals surface area contributed by atoms with Crippen molar-refractivity contribution in [2.24, 2.45) is 0 Å². The Kier molecular flexibility index (Phi) is 3.96. The first-order chi connectivity index (χ1) is 10.4. The van der Waals surface area contributed by atoms with E-state index in [1.54, 1.807) is 12.4 Å². The molecule has 0 aliphatic carbocycles. The minimum atomic E-state index is 0.493. The van der Waals surface area contributed by atoms with Gasteiger partial charge in [0.25, 0.3) is 0 Å². The highest BCUT2D eigenvalue weighted by Crippen LogP contribution is 2.28. The fourth-order valence-electron chi connectivity index (χ4n) is 2.13. The smallest absolute Gasteiger partial charge is 0.239 e. The fraction of sp³-hybridized carbons (Fsp3) is 0.176. The van der Waals surface area contributed by atoms with Crippen molar-refractivity contribution in [3.63, 3.8) is 0 Å². The van der Waals surface area contributed by atoms with Gasteiger partial charge >= 0.3 is 0 Å². The van der Waals surface area contributed by atoms with Gasteiger partial charge in [0.1, 0.15) is 11.6 Å². The fourth-order valence-corrected chi connectivity index (χ4v) is 2.13. The topological polar surface area (TPSA) is 47.0 Å². The molecule has 0 saturated carbocycles. The van der Waals surface area contributed by atoms with Crippen molar-refractivity contribution in [3.8, 4) is 11.6 Å². The lowest BCUT2D eigenvalue weighted by Crippen LogP contribution is -2.03. The molecule has 0 radical (unpaired) electrons. The molecule has 0 unspecified atom stereocenters. The highest BCUT2D eigenvalue weighted by atomic mass is 16.5. The molecule has 0 aliphatic rings. The minimum Gasteiger partial charge on any atom is -0.437 e. The Morgan fingerprint density at radius 3 is 2.81 bits per heavy atom. The van der Waals surface area contributed by atoms with E-state index in [4.69, 9.17) is 4.74 Å². The van der Waals surface area contributed by atoms with E-state index in [1.807, 2.05) is 30.3 Å². The van der Waals surface area contributed by atoms with Gasteiger partial charge in [-0.15, -0.1) is 0 Å². The molecule has 4 heteroatoms. The molecule has 0 bridgehead atoms. The van der Waals surface area contributed by atoms with Crippen LogP contribution in [0.2, 0.25) is 0 Å². The number of rotatable bonds is 5. The molecular formula is C17H17N3O. The number of nitrogens with zero attached hydrogens (tertiary/aromatic N) is 2. The lowest BCUT2D eigenvalue weighted by Gasteiger charge is -2.09. The Labute approximate surface area is 123 Å². The Morgan fingerprint density at radius 1 is 1.05 bits per heavy atom. The maximum absolute atomic E-state index is 5.90. The molecule has 1 aromatic heterocycles. The molecule has 3 aromatic rings. The summed E-state index contributed by atoms with van der Waals surface area (Å²) in [4.78, 5) is 8.58. The van der Waals surface area contributed by atoms with E-state index in [0.29, 0.717) is 5.88 Å². The number of aromatic nitrogens is 2. The molecule has 4 nitrogen and oxygen atoms in total. The monoisotopic (exact) mass is 279 g/mol. The Balaban J connectivity index is 1.88. The van der Waals surface area contributed by atoms with Crippen LogP contribution < -0.4 is 10.1 Å². The van der Waals surface area contributed by atoms with Gasteiger partial charge in [0.05, 0.1) is 12.4 Å². The Hall–Kier alpha value is -2.62. The third-order valence-electron chi connectivity index (χ3n) is 3.13. The van der Waals surface area contributed by atoms with Gasteiger partial charge in [-0.1, -0.05) is 43.3 Å². The summed E-state index contributed by atoms with van der Waals surface area (Å²) in [6.07, 6.45) is 4.36. The van der Waals surface area contributed by atoms with Gasteiger partial charge in [-0.3, -0.25) is 4.98 Å². The molecule has 0 spiro atoms. The zero-order valence-corrected chi connectivity index (χ0v) is 11.9. The summed E-state index contributed by atoms with van der Waals surface area (Å²) in [6, 6.07) is 14.1. The van der Waals surface area contributed by atoms with E-state index >= 15 is 0 Å². The van der Waals surface area contributed by atoms with Crippen LogP contribution in [0.25, 0.3) is 10.8 Å². The largest absolute Gasteiger partial charge is 0.437 e. The Morgan fingerprint density at radius 2 is 1.90 bits per heavy atom. The van der Waals surface area contributed by atoms with E-state index in [2.05, 4.69) is 34.3 Å². The summed E-state index contributed by atoms with van der Waals surface area (Å²) in [5, 5.41) is 5.41. The number of fused-ring (bicyclic) bond motifs is 1. The predicted octanol–water partition coefficient (Wildman–Crippen LogP) is 4.24. The lowest BCUT2D eigenvalue weighted by molar-refractivity contribution is 0.466. The summed E-state index contributed by atoms with van der Waals surface area (Å²) in [5.74, 6) is 2.01. The lowest BCUT2D eigenvalue weighted by atomic mass is 10.1. The maximum Gasteiger partial charge on any atom is 0.239 e. The SMILES string of the molecule is CCCNc1cncc(Oc2cccc3ccccc23)n1. The second-order valence-corrected chi connectivity index (χ2v) is 4.75. The molecule has 0 saturated heterocycles. The molecule has 1 N–H and O–H groups in total. The predicted molar refractivity (Wildman–Crippen MR) is 84.8 cm³/mol. The third kappa shape index (κ3) is 3.11. The molecule has 1 heterocycles. The zero-order valence-electron chi connectivity index (χ0n) is 11.9. The van der Waals surface area contributed by atoms with Crippen LogP contribution in [0.4, 0.5) is 5.82 Å². The second kappa shape index (κ2) is 6.22. The van der Waals surface area contributed by atoms with E-state index < -0.39 is 0 Å². The van der Waals surface area contributed by atoms with Crippen LogP contribution in [-0.2, 0) is 0 Å². The molecule has 2 aromatic carbocycles. The molecule has 0 atom stereocenters. The summed E-state index contributed by atoms with van der Waals surface area (Å²) >= 11 is 0. The van der Waals surface area contributed by atoms with Crippen LogP contribution in [0, 0.1) is 0 Å². The summed E-state index contributed by atoms with van der Waals surface area (Å²) < 4.78 is 5.90. The van der Waals surface area contributed by atoms with Gasteiger partial charge in [0.15, 0.2) is 0 Å². The first-order valence-corrected chi connectivity index (χ1v) is 7.08. The van der Waals surface area contributed by atoms with Crippen molar-refractivity contribution in [1.82, 2.24) is 9.97 Å². The van der Waals surface area contributed by atoms with Crippen LogP contribution in [0.3, 0.4) is 0 Å². The summed E-state index contributed by atoms with van der Waals surface area (Å²) in [6.45, 7) is 2.98. The number of hydrogen-bond acceptors (Lipinski definition) is 4. The maximum atomic E-state index is 5.90. The summed E-state index contributed by atoms with van der Waals surface area (Å²) in [7, 11) is 0. The van der Waals surface area contributed by atoms with Crippen molar-refractivity contribution in [2.75, 3.05) is 11.9 Å². The van der Waals surface area contributed by atoms with E-state index in [-0.39, 0.29) is 0 Å². The number of benzene rings is 2. The zero-order chi connectivity index (χ0) is 14.5.